The van der Waals surface area contributed by atoms with E-state index < -0.39 is 11.9 Å². The summed E-state index contributed by atoms with van der Waals surface area (Å²) in [5.41, 5.74) is -0.409. The second-order valence-corrected chi connectivity index (χ2v) is 2.85. The van der Waals surface area contributed by atoms with Crippen LogP contribution in [-0.2, 0) is 6.18 Å². The van der Waals surface area contributed by atoms with Crippen LogP contribution in [0, 0.1) is 0 Å². The summed E-state index contributed by atoms with van der Waals surface area (Å²) in [5.74, 6) is 0. The van der Waals surface area contributed by atoms with E-state index in [2.05, 4.69) is 10.3 Å². The average Bonchev–Trinajstić information content (AvgIpc) is 2.14. The van der Waals surface area contributed by atoms with Gasteiger partial charge in [-0.15, -0.1) is 0 Å². The maximum atomic E-state index is 12.2. The molecule has 1 N–H and O–H groups in total. The Hall–Kier alpha value is -1.26. The standard InChI is InChI=1S/C9H11F3N2/c1-2-4-13-7-3-5-14-8(6-7)9(10,11)12/h3,5-6H,2,4H2,1H3,(H,13,14). The van der Waals surface area contributed by atoms with Gasteiger partial charge in [-0.25, -0.2) is 0 Å². The number of nitrogens with zero attached hydrogens (tertiary/aromatic N) is 1. The quantitative estimate of drug-likeness (QED) is 0.818. The molecule has 0 bridgehead atoms. The van der Waals surface area contributed by atoms with Crippen molar-refractivity contribution in [3.05, 3.63) is 24.0 Å². The van der Waals surface area contributed by atoms with Crippen LogP contribution in [0.5, 0.6) is 0 Å². The molecule has 2 nitrogen and oxygen atoms in total. The predicted octanol–water partition coefficient (Wildman–Crippen LogP) is 2.92. The highest BCUT2D eigenvalue weighted by atomic mass is 19.4. The molecule has 1 aromatic heterocycles. The minimum absolute atomic E-state index is 0.453. The first-order valence-corrected chi connectivity index (χ1v) is 4.31. The molecule has 0 aliphatic carbocycles. The van der Waals surface area contributed by atoms with E-state index in [1.54, 1.807) is 0 Å². The zero-order valence-electron chi connectivity index (χ0n) is 7.73. The van der Waals surface area contributed by atoms with Crippen molar-refractivity contribution in [2.24, 2.45) is 0 Å². The molecule has 14 heavy (non-hydrogen) atoms. The van der Waals surface area contributed by atoms with Gasteiger partial charge >= 0.3 is 6.18 Å². The Bertz CT molecular complexity index is 296. The van der Waals surface area contributed by atoms with Gasteiger partial charge in [0.2, 0.25) is 0 Å². The maximum Gasteiger partial charge on any atom is 0.433 e. The third kappa shape index (κ3) is 2.90. The average molecular weight is 204 g/mol. The Labute approximate surface area is 80.2 Å². The number of rotatable bonds is 3. The molecule has 5 heteroatoms. The molecule has 0 aromatic carbocycles. The number of anilines is 1. The summed E-state index contributed by atoms with van der Waals surface area (Å²) < 4.78 is 36.6. The predicted molar refractivity (Wildman–Crippen MR) is 48.0 cm³/mol. The largest absolute Gasteiger partial charge is 0.433 e. The lowest BCUT2D eigenvalue weighted by Crippen LogP contribution is -2.09. The summed E-state index contributed by atoms with van der Waals surface area (Å²) in [6.07, 6.45) is -2.35. The van der Waals surface area contributed by atoms with E-state index in [0.29, 0.717) is 12.2 Å². The van der Waals surface area contributed by atoms with Crippen molar-refractivity contribution in [3.63, 3.8) is 0 Å². The molecule has 0 atom stereocenters. The van der Waals surface area contributed by atoms with Gasteiger partial charge in [-0.3, -0.25) is 4.98 Å². The van der Waals surface area contributed by atoms with E-state index in [9.17, 15) is 13.2 Å². The summed E-state index contributed by atoms with van der Waals surface area (Å²) in [4.78, 5) is 3.25. The van der Waals surface area contributed by atoms with E-state index in [4.69, 9.17) is 0 Å². The number of halogens is 3. The van der Waals surface area contributed by atoms with Crippen molar-refractivity contribution in [1.29, 1.82) is 0 Å². The Kier molecular flexibility index (Phi) is 3.33. The normalized spacial score (nSPS) is 11.4. The first kappa shape index (κ1) is 10.8. The van der Waals surface area contributed by atoms with Crippen LogP contribution >= 0.6 is 0 Å². The molecule has 1 aromatic rings. The molecule has 0 saturated heterocycles. The van der Waals surface area contributed by atoms with Crippen molar-refractivity contribution < 1.29 is 13.2 Å². The van der Waals surface area contributed by atoms with Crippen molar-refractivity contribution >= 4 is 5.69 Å². The topological polar surface area (TPSA) is 24.9 Å². The number of hydrogen-bond donors (Lipinski definition) is 1. The lowest BCUT2D eigenvalue weighted by molar-refractivity contribution is -0.141. The summed E-state index contributed by atoms with van der Waals surface area (Å²) in [6.45, 7) is 2.60. The number of nitrogens with one attached hydrogen (secondary N) is 1. The van der Waals surface area contributed by atoms with Gasteiger partial charge in [-0.1, -0.05) is 6.92 Å². The van der Waals surface area contributed by atoms with Crippen molar-refractivity contribution in [2.45, 2.75) is 19.5 Å². The fourth-order valence-electron chi connectivity index (χ4n) is 0.965. The van der Waals surface area contributed by atoms with Gasteiger partial charge in [0.05, 0.1) is 0 Å². The maximum absolute atomic E-state index is 12.2. The molecule has 0 radical (unpaired) electrons. The highest BCUT2D eigenvalue weighted by Gasteiger charge is 2.32. The molecule has 0 amide bonds. The number of aromatic nitrogens is 1. The Balaban J connectivity index is 2.79. The molecule has 0 spiro atoms. The first-order chi connectivity index (χ1) is 6.54. The fraction of sp³-hybridized carbons (Fsp3) is 0.444. The SMILES string of the molecule is CCCNc1ccnc(C(F)(F)F)c1. The van der Waals surface area contributed by atoms with Crippen molar-refractivity contribution in [3.8, 4) is 0 Å². The Morgan fingerprint density at radius 1 is 1.43 bits per heavy atom. The van der Waals surface area contributed by atoms with Gasteiger partial charge in [0, 0.05) is 18.4 Å². The lowest BCUT2D eigenvalue weighted by atomic mass is 10.3. The van der Waals surface area contributed by atoms with Crippen molar-refractivity contribution in [1.82, 2.24) is 4.98 Å². The number of hydrogen-bond acceptors (Lipinski definition) is 2. The molecule has 0 saturated carbocycles. The van der Waals surface area contributed by atoms with E-state index in [1.165, 1.54) is 6.07 Å². The van der Waals surface area contributed by atoms with Gasteiger partial charge in [0.1, 0.15) is 5.69 Å². The summed E-state index contributed by atoms with van der Waals surface area (Å²) >= 11 is 0. The monoisotopic (exact) mass is 204 g/mol. The molecule has 1 rings (SSSR count). The highest BCUT2D eigenvalue weighted by molar-refractivity contribution is 5.43. The van der Waals surface area contributed by atoms with Gasteiger partial charge in [0.25, 0.3) is 0 Å². The van der Waals surface area contributed by atoms with Crippen LogP contribution in [0.25, 0.3) is 0 Å². The molecule has 1 heterocycles. The van der Waals surface area contributed by atoms with Crippen LogP contribution in [-0.4, -0.2) is 11.5 Å². The minimum Gasteiger partial charge on any atom is -0.385 e. The minimum atomic E-state index is -4.37. The van der Waals surface area contributed by atoms with Crippen LogP contribution < -0.4 is 5.32 Å². The molecule has 0 aliphatic heterocycles. The summed E-state index contributed by atoms with van der Waals surface area (Å²) in [7, 11) is 0. The molecular formula is C9H11F3N2. The van der Waals surface area contributed by atoms with Gasteiger partial charge in [-0.2, -0.15) is 13.2 Å². The third-order valence-electron chi connectivity index (χ3n) is 1.63. The van der Waals surface area contributed by atoms with E-state index in [0.717, 1.165) is 18.7 Å². The molecule has 0 unspecified atom stereocenters. The van der Waals surface area contributed by atoms with Gasteiger partial charge in [-0.05, 0) is 18.6 Å². The van der Waals surface area contributed by atoms with E-state index >= 15 is 0 Å². The highest BCUT2D eigenvalue weighted by Crippen LogP contribution is 2.28. The van der Waals surface area contributed by atoms with Gasteiger partial charge < -0.3 is 5.32 Å². The summed E-state index contributed by atoms with van der Waals surface area (Å²) in [6, 6.07) is 2.53. The molecule has 0 aliphatic rings. The van der Waals surface area contributed by atoms with Crippen LogP contribution in [0.4, 0.5) is 18.9 Å². The van der Waals surface area contributed by atoms with Crippen LogP contribution in [0.3, 0.4) is 0 Å². The number of pyridine rings is 1. The smallest absolute Gasteiger partial charge is 0.385 e. The van der Waals surface area contributed by atoms with Crippen LogP contribution in [0.1, 0.15) is 19.0 Å². The third-order valence-corrected chi connectivity index (χ3v) is 1.63. The zero-order valence-corrected chi connectivity index (χ0v) is 7.73. The van der Waals surface area contributed by atoms with Crippen molar-refractivity contribution in [2.75, 3.05) is 11.9 Å². The van der Waals surface area contributed by atoms with Crippen LogP contribution in [0.2, 0.25) is 0 Å². The molecule has 0 fully saturated rings. The van der Waals surface area contributed by atoms with E-state index in [-0.39, 0.29) is 0 Å². The Morgan fingerprint density at radius 3 is 2.71 bits per heavy atom. The number of alkyl halides is 3. The molecule has 78 valence electrons. The first-order valence-electron chi connectivity index (χ1n) is 4.31. The van der Waals surface area contributed by atoms with Gasteiger partial charge in [0.15, 0.2) is 0 Å². The lowest BCUT2D eigenvalue weighted by Gasteiger charge is -2.08. The summed E-state index contributed by atoms with van der Waals surface area (Å²) in [5, 5.41) is 2.87. The zero-order chi connectivity index (χ0) is 10.6. The fourth-order valence-corrected chi connectivity index (χ4v) is 0.965. The Morgan fingerprint density at radius 2 is 2.14 bits per heavy atom. The second kappa shape index (κ2) is 4.30. The van der Waals surface area contributed by atoms with Crippen LogP contribution in [0.15, 0.2) is 18.3 Å². The molecular weight excluding hydrogens is 193 g/mol. The van der Waals surface area contributed by atoms with E-state index in [1.807, 2.05) is 6.92 Å². The second-order valence-electron chi connectivity index (χ2n) is 2.85.